The molecule has 5 heterocycles. The van der Waals surface area contributed by atoms with Gasteiger partial charge in [0.05, 0.1) is 0 Å². The number of aromatic amines is 4. The Balaban J connectivity index is 1.43. The van der Waals surface area contributed by atoms with Gasteiger partial charge >= 0.3 is 0 Å². The molecule has 0 unspecified atom stereocenters. The lowest BCUT2D eigenvalue weighted by molar-refractivity contribution is 1.15. The molecule has 4 N–H and O–H groups in total. The predicted octanol–water partition coefficient (Wildman–Crippen LogP) is 3.85. The van der Waals surface area contributed by atoms with Crippen molar-refractivity contribution in [2.45, 2.75) is 12.8 Å². The Hall–Kier alpha value is -4.96. The van der Waals surface area contributed by atoms with Crippen LogP contribution in [0.1, 0.15) is 33.9 Å². The van der Waals surface area contributed by atoms with E-state index in [0.29, 0.717) is 0 Å². The largest absolute Gasteiger partial charge is 0.355 e. The van der Waals surface area contributed by atoms with Crippen molar-refractivity contribution in [2.75, 3.05) is 0 Å². The Bertz CT molecular complexity index is 1820. The van der Waals surface area contributed by atoms with Crippen LogP contribution >= 0.6 is 0 Å². The Kier molecular flexibility index (Phi) is 5.56. The van der Waals surface area contributed by atoms with Crippen molar-refractivity contribution >= 4 is 23.3 Å². The topological polar surface area (TPSA) is 63.2 Å². The molecule has 38 heavy (non-hydrogen) atoms. The van der Waals surface area contributed by atoms with E-state index in [1.807, 2.05) is 0 Å². The molecule has 4 aromatic heterocycles. The number of hydrogen-bond acceptors (Lipinski definition) is 0. The second kappa shape index (κ2) is 9.49. The number of nitrogens with one attached hydrogen (secondary N) is 4. The van der Waals surface area contributed by atoms with Crippen LogP contribution in [-0.4, -0.2) is 19.9 Å². The fourth-order valence-corrected chi connectivity index (χ4v) is 5.29. The third-order valence-electron chi connectivity index (χ3n) is 7.20. The van der Waals surface area contributed by atoms with E-state index in [0.717, 1.165) is 57.0 Å². The van der Waals surface area contributed by atoms with Crippen LogP contribution in [0.25, 0.3) is 23.3 Å². The van der Waals surface area contributed by atoms with Crippen molar-refractivity contribution in [3.63, 3.8) is 0 Å². The molecule has 0 radical (unpaired) electrons. The highest BCUT2D eigenvalue weighted by atomic mass is 14.8. The second-order valence-corrected chi connectivity index (χ2v) is 9.88. The Labute approximate surface area is 220 Å². The summed E-state index contributed by atoms with van der Waals surface area (Å²) in [6.45, 7) is 0. The molecule has 6 aromatic rings. The molecular weight excluding hydrogens is 464 g/mol. The molecule has 0 saturated heterocycles. The molecule has 0 amide bonds. The van der Waals surface area contributed by atoms with E-state index >= 15 is 0 Å². The van der Waals surface area contributed by atoms with Crippen LogP contribution in [0.2, 0.25) is 0 Å². The van der Waals surface area contributed by atoms with Gasteiger partial charge in [-0.05, 0) is 71.8 Å². The molecule has 2 aromatic carbocycles. The van der Waals surface area contributed by atoms with Crippen molar-refractivity contribution in [3.05, 3.63) is 164 Å². The maximum absolute atomic E-state index is 3.66. The van der Waals surface area contributed by atoms with Crippen LogP contribution < -0.4 is 21.4 Å². The van der Waals surface area contributed by atoms with Gasteiger partial charge in [0.1, 0.15) is 0 Å². The fraction of sp³-hybridized carbons (Fsp3) is 0.0588. The van der Waals surface area contributed by atoms with Gasteiger partial charge in [-0.3, -0.25) is 0 Å². The number of aromatic nitrogens is 4. The molecule has 0 fully saturated rings. The first-order valence-corrected chi connectivity index (χ1v) is 13.0. The van der Waals surface area contributed by atoms with E-state index in [1.165, 1.54) is 22.3 Å². The lowest BCUT2D eigenvalue weighted by Crippen LogP contribution is -2.16. The first-order chi connectivity index (χ1) is 18.8. The zero-order valence-electron chi connectivity index (χ0n) is 21.0. The molecular formula is C34H28N4. The molecule has 7 rings (SSSR count). The summed E-state index contributed by atoms with van der Waals surface area (Å²) >= 11 is 0. The van der Waals surface area contributed by atoms with Crippen molar-refractivity contribution < 1.29 is 0 Å². The summed E-state index contributed by atoms with van der Waals surface area (Å²) < 4.78 is 0. The lowest BCUT2D eigenvalue weighted by atomic mass is 10.0. The normalized spacial score (nSPS) is 12.7. The van der Waals surface area contributed by atoms with E-state index in [9.17, 15) is 0 Å². The van der Waals surface area contributed by atoms with Crippen LogP contribution in [0, 0.1) is 0 Å². The zero-order chi connectivity index (χ0) is 25.3. The average molecular weight is 493 g/mol. The van der Waals surface area contributed by atoms with Crippen LogP contribution in [0.15, 0.2) is 109 Å². The summed E-state index contributed by atoms with van der Waals surface area (Å²) in [6, 6.07) is 38.6. The van der Waals surface area contributed by atoms with E-state index in [4.69, 9.17) is 0 Å². The van der Waals surface area contributed by atoms with Crippen molar-refractivity contribution in [1.82, 2.24) is 19.9 Å². The summed E-state index contributed by atoms with van der Waals surface area (Å²) in [4.78, 5) is 14.6. The van der Waals surface area contributed by atoms with E-state index in [-0.39, 0.29) is 0 Å². The average Bonchev–Trinajstić information content (AvgIpc) is 3.76. The van der Waals surface area contributed by atoms with Crippen LogP contribution in [0.3, 0.4) is 0 Å². The van der Waals surface area contributed by atoms with Gasteiger partial charge in [0.2, 0.25) is 0 Å². The van der Waals surface area contributed by atoms with Crippen molar-refractivity contribution in [2.24, 2.45) is 0 Å². The Morgan fingerprint density at radius 3 is 1.29 bits per heavy atom. The lowest BCUT2D eigenvalue weighted by Gasteiger charge is -2.06. The van der Waals surface area contributed by atoms with E-state index in [1.54, 1.807) is 0 Å². The van der Waals surface area contributed by atoms with Gasteiger partial charge in [-0.15, -0.1) is 0 Å². The summed E-state index contributed by atoms with van der Waals surface area (Å²) in [5, 5.41) is 4.36. The van der Waals surface area contributed by atoms with Gasteiger partial charge in [-0.25, -0.2) is 0 Å². The highest BCUT2D eigenvalue weighted by Gasteiger charge is 2.11. The highest BCUT2D eigenvalue weighted by Crippen LogP contribution is 2.19. The maximum Gasteiger partial charge on any atom is 0.0441 e. The smallest absolute Gasteiger partial charge is 0.0441 e. The quantitative estimate of drug-likeness (QED) is 0.289. The first-order valence-electron chi connectivity index (χ1n) is 13.0. The minimum atomic E-state index is 0.831. The summed E-state index contributed by atoms with van der Waals surface area (Å²) in [6.07, 6.45) is 6.01. The molecule has 4 nitrogen and oxygen atoms in total. The zero-order valence-corrected chi connectivity index (χ0v) is 21.0. The van der Waals surface area contributed by atoms with Crippen LogP contribution in [0.5, 0.6) is 0 Å². The fourth-order valence-electron chi connectivity index (χ4n) is 5.29. The second-order valence-electron chi connectivity index (χ2n) is 9.88. The molecule has 184 valence electrons. The number of fused-ring (bicyclic) bond motifs is 8. The predicted molar refractivity (Wildman–Crippen MR) is 154 cm³/mol. The van der Waals surface area contributed by atoms with Crippen LogP contribution in [0.4, 0.5) is 0 Å². The minimum Gasteiger partial charge on any atom is -0.355 e. The molecule has 8 bridgehead atoms. The summed E-state index contributed by atoms with van der Waals surface area (Å²) in [7, 11) is 0. The highest BCUT2D eigenvalue weighted by molar-refractivity contribution is 5.68. The summed E-state index contributed by atoms with van der Waals surface area (Å²) in [5.74, 6) is 0. The molecule has 0 aliphatic carbocycles. The summed E-state index contributed by atoms with van der Waals surface area (Å²) in [5.41, 5.74) is 9.40. The molecule has 1 aliphatic heterocycles. The third kappa shape index (κ3) is 4.48. The number of rotatable bonds is 4. The van der Waals surface area contributed by atoms with E-state index < -0.39 is 0 Å². The number of benzene rings is 2. The van der Waals surface area contributed by atoms with Crippen molar-refractivity contribution in [1.29, 1.82) is 0 Å². The molecule has 1 aliphatic rings. The Morgan fingerprint density at radius 1 is 0.395 bits per heavy atom. The van der Waals surface area contributed by atoms with E-state index in [2.05, 4.69) is 141 Å². The van der Waals surface area contributed by atoms with Gasteiger partial charge in [0.15, 0.2) is 0 Å². The third-order valence-corrected chi connectivity index (χ3v) is 7.20. The number of H-pyrrole nitrogens is 4. The van der Waals surface area contributed by atoms with Gasteiger partial charge in [-0.1, -0.05) is 60.7 Å². The Morgan fingerprint density at radius 2 is 0.842 bits per heavy atom. The van der Waals surface area contributed by atoms with Crippen LogP contribution in [-0.2, 0) is 12.8 Å². The van der Waals surface area contributed by atoms with Gasteiger partial charge in [0.25, 0.3) is 0 Å². The molecule has 0 spiro atoms. The van der Waals surface area contributed by atoms with Gasteiger partial charge in [0, 0.05) is 68.2 Å². The molecule has 4 heteroatoms. The standard InChI is InChI=1S/C34H28N4/c1-3-7-23(8-4-1)19-29-31-15-11-25(35-31)21-27-13-17-33(37-27)30(20-24-9-5-2-6-10-24)34-18-14-28(38-34)22-26-12-16-32(29)36-26/h1-18,21-22,35-38H,19-20H2. The van der Waals surface area contributed by atoms with Gasteiger partial charge in [-0.2, -0.15) is 0 Å². The minimum absolute atomic E-state index is 0.831. The maximum atomic E-state index is 3.66. The number of hydrogen-bond donors (Lipinski definition) is 4. The SMILES string of the molecule is C1=c2ccc([nH]2)=C(Cc2ccccc2)c2ccc([nH]2)C=c2ccc([nH]2)=C(Cc2ccccc2)c2ccc1[nH]2. The molecule has 0 atom stereocenters. The molecule has 0 saturated carbocycles. The van der Waals surface area contributed by atoms with Crippen molar-refractivity contribution in [3.8, 4) is 0 Å². The monoisotopic (exact) mass is 492 g/mol. The van der Waals surface area contributed by atoms with Gasteiger partial charge < -0.3 is 19.9 Å². The first kappa shape index (κ1) is 22.3.